The number of H-pyrrole nitrogens is 1. The first-order valence-corrected chi connectivity index (χ1v) is 2.57. The molecule has 0 radical (unpaired) electrons. The Morgan fingerprint density at radius 2 is 2.67 bits per heavy atom. The van der Waals surface area contributed by atoms with Crippen molar-refractivity contribution in [2.24, 2.45) is 5.73 Å². The van der Waals surface area contributed by atoms with Crippen molar-refractivity contribution in [3.8, 4) is 0 Å². The lowest BCUT2D eigenvalue weighted by molar-refractivity contribution is 0.0992. The van der Waals surface area contributed by atoms with Gasteiger partial charge in [-0.2, -0.15) is 0 Å². The van der Waals surface area contributed by atoms with Crippen LogP contribution in [0.2, 0.25) is 0 Å². The quantitative estimate of drug-likeness (QED) is 0.526. The zero-order valence-corrected chi connectivity index (χ0v) is 4.79. The summed E-state index contributed by atoms with van der Waals surface area (Å²) in [5.41, 5.74) is 5.05. The predicted octanol–water partition coefficient (Wildman–Crippen LogP) is -0.449. The van der Waals surface area contributed by atoms with Crippen molar-refractivity contribution in [1.82, 2.24) is 9.97 Å². The van der Waals surface area contributed by atoms with Gasteiger partial charge in [-0.1, -0.05) is 0 Å². The molecular formula is C5H7N3O. The number of imidazole rings is 1. The zero-order chi connectivity index (χ0) is 6.69. The molecule has 0 saturated carbocycles. The topological polar surface area (TPSA) is 71.8 Å². The molecule has 0 aliphatic carbocycles. The molecule has 3 N–H and O–H groups in total. The molecule has 0 amide bonds. The molecule has 4 nitrogen and oxygen atoms in total. The number of carbonyl (C=O) groups excluding carboxylic acids is 1. The van der Waals surface area contributed by atoms with E-state index in [4.69, 9.17) is 5.73 Å². The van der Waals surface area contributed by atoms with Crippen LogP contribution >= 0.6 is 0 Å². The first-order chi connectivity index (χ1) is 4.34. The van der Waals surface area contributed by atoms with E-state index in [1.165, 1.54) is 6.20 Å². The van der Waals surface area contributed by atoms with Crippen LogP contribution in [0.15, 0.2) is 12.4 Å². The lowest BCUT2D eigenvalue weighted by Crippen LogP contribution is -2.14. The van der Waals surface area contributed by atoms with Crippen LogP contribution in [0.5, 0.6) is 0 Å². The second kappa shape index (κ2) is 2.41. The van der Waals surface area contributed by atoms with E-state index in [1.54, 1.807) is 6.20 Å². The molecule has 0 atom stereocenters. The second-order valence-electron chi connectivity index (χ2n) is 1.57. The largest absolute Gasteiger partial charge is 0.342 e. The Kier molecular flexibility index (Phi) is 1.60. The fourth-order valence-corrected chi connectivity index (χ4v) is 0.514. The van der Waals surface area contributed by atoms with Crippen LogP contribution in [0.1, 0.15) is 10.6 Å². The molecule has 0 aromatic carbocycles. The number of ketones is 1. The minimum Gasteiger partial charge on any atom is -0.342 e. The lowest BCUT2D eigenvalue weighted by Gasteiger charge is -1.86. The van der Waals surface area contributed by atoms with Crippen LogP contribution < -0.4 is 5.73 Å². The fraction of sp³-hybridized carbons (Fsp3) is 0.200. The Bertz CT molecular complexity index is 192. The van der Waals surface area contributed by atoms with E-state index in [9.17, 15) is 4.79 Å². The van der Waals surface area contributed by atoms with Crippen molar-refractivity contribution in [2.45, 2.75) is 0 Å². The van der Waals surface area contributed by atoms with Gasteiger partial charge in [0.2, 0.25) is 5.78 Å². The number of Topliss-reactive ketones (excluding diaryl/α,β-unsaturated/α-hetero) is 1. The number of aromatic amines is 1. The van der Waals surface area contributed by atoms with E-state index < -0.39 is 0 Å². The van der Waals surface area contributed by atoms with Gasteiger partial charge in [-0.25, -0.2) is 4.98 Å². The molecule has 1 rings (SSSR count). The predicted molar refractivity (Wildman–Crippen MR) is 32.0 cm³/mol. The number of rotatable bonds is 2. The minimum atomic E-state index is -0.167. The molecule has 1 aromatic heterocycles. The Hall–Kier alpha value is -1.16. The molecule has 48 valence electrons. The molecule has 0 saturated heterocycles. The Morgan fingerprint density at radius 3 is 3.11 bits per heavy atom. The smallest absolute Gasteiger partial charge is 0.211 e. The van der Waals surface area contributed by atoms with Crippen molar-refractivity contribution in [2.75, 3.05) is 6.54 Å². The third-order valence-electron chi connectivity index (χ3n) is 0.948. The van der Waals surface area contributed by atoms with Gasteiger partial charge in [0.1, 0.15) is 0 Å². The van der Waals surface area contributed by atoms with Crippen LogP contribution in [0.4, 0.5) is 0 Å². The van der Waals surface area contributed by atoms with Gasteiger partial charge in [0.05, 0.1) is 6.54 Å². The molecular weight excluding hydrogens is 118 g/mol. The van der Waals surface area contributed by atoms with Crippen LogP contribution in [-0.2, 0) is 0 Å². The highest BCUT2D eigenvalue weighted by molar-refractivity contribution is 5.93. The highest BCUT2D eigenvalue weighted by Gasteiger charge is 2.02. The molecule has 1 aromatic rings. The number of nitrogens with zero attached hydrogens (tertiary/aromatic N) is 1. The fourth-order valence-electron chi connectivity index (χ4n) is 0.514. The molecule has 4 heteroatoms. The van der Waals surface area contributed by atoms with Gasteiger partial charge >= 0.3 is 0 Å². The summed E-state index contributed by atoms with van der Waals surface area (Å²) in [4.78, 5) is 17.0. The molecule has 1 heterocycles. The number of nitrogens with two attached hydrogens (primary N) is 1. The van der Waals surface area contributed by atoms with Gasteiger partial charge in [0.15, 0.2) is 5.82 Å². The van der Waals surface area contributed by atoms with Crippen LogP contribution in [0, 0.1) is 0 Å². The van der Waals surface area contributed by atoms with E-state index in [0.717, 1.165) is 0 Å². The van der Waals surface area contributed by atoms with Gasteiger partial charge in [0, 0.05) is 12.4 Å². The van der Waals surface area contributed by atoms with Crippen molar-refractivity contribution < 1.29 is 4.79 Å². The number of carbonyl (C=O) groups is 1. The molecule has 0 bridgehead atoms. The average Bonchev–Trinajstić information content (AvgIpc) is 2.37. The van der Waals surface area contributed by atoms with E-state index >= 15 is 0 Å². The van der Waals surface area contributed by atoms with Crippen molar-refractivity contribution in [1.29, 1.82) is 0 Å². The zero-order valence-electron chi connectivity index (χ0n) is 4.79. The maximum absolute atomic E-state index is 10.7. The third-order valence-corrected chi connectivity index (χ3v) is 0.948. The number of aromatic nitrogens is 2. The van der Waals surface area contributed by atoms with E-state index in [1.807, 2.05) is 0 Å². The normalized spacial score (nSPS) is 9.44. The number of nitrogens with one attached hydrogen (secondary N) is 1. The summed E-state index contributed by atoms with van der Waals surface area (Å²) in [6, 6.07) is 0. The van der Waals surface area contributed by atoms with Gasteiger partial charge in [-0.15, -0.1) is 0 Å². The molecule has 0 aliphatic heterocycles. The van der Waals surface area contributed by atoms with Gasteiger partial charge in [0.25, 0.3) is 0 Å². The highest BCUT2D eigenvalue weighted by Crippen LogP contribution is 1.86. The molecule has 0 spiro atoms. The van der Waals surface area contributed by atoms with Gasteiger partial charge < -0.3 is 10.7 Å². The van der Waals surface area contributed by atoms with Crippen molar-refractivity contribution in [3.63, 3.8) is 0 Å². The number of hydrogen-bond acceptors (Lipinski definition) is 3. The van der Waals surface area contributed by atoms with Crippen molar-refractivity contribution >= 4 is 5.78 Å². The first kappa shape index (κ1) is 5.97. The van der Waals surface area contributed by atoms with E-state index in [2.05, 4.69) is 9.97 Å². The Balaban J connectivity index is 2.77. The molecule has 0 unspecified atom stereocenters. The minimum absolute atomic E-state index is 0.00745. The second-order valence-corrected chi connectivity index (χ2v) is 1.57. The maximum Gasteiger partial charge on any atom is 0.211 e. The van der Waals surface area contributed by atoms with E-state index in [-0.39, 0.29) is 12.3 Å². The summed E-state index contributed by atoms with van der Waals surface area (Å²) in [6.07, 6.45) is 3.10. The molecule has 9 heavy (non-hydrogen) atoms. The van der Waals surface area contributed by atoms with E-state index in [0.29, 0.717) is 5.82 Å². The molecule has 0 fully saturated rings. The van der Waals surface area contributed by atoms with Crippen molar-refractivity contribution in [3.05, 3.63) is 18.2 Å². The summed E-state index contributed by atoms with van der Waals surface area (Å²) in [5.74, 6) is 0.164. The van der Waals surface area contributed by atoms with Gasteiger partial charge in [-0.3, -0.25) is 4.79 Å². The summed E-state index contributed by atoms with van der Waals surface area (Å²) < 4.78 is 0. The third kappa shape index (κ3) is 1.14. The van der Waals surface area contributed by atoms with Crippen LogP contribution in [0.25, 0.3) is 0 Å². The summed E-state index contributed by atoms with van der Waals surface area (Å²) >= 11 is 0. The molecule has 0 aliphatic rings. The van der Waals surface area contributed by atoms with Crippen LogP contribution in [-0.4, -0.2) is 22.3 Å². The Labute approximate surface area is 52.1 Å². The number of hydrogen-bond donors (Lipinski definition) is 2. The lowest BCUT2D eigenvalue weighted by atomic mass is 10.4. The SMILES string of the molecule is NCC(=O)c1ncc[nH]1. The standard InChI is InChI=1S/C5H7N3O/c6-3-4(9)5-7-1-2-8-5/h1-2H,3,6H2,(H,7,8). The van der Waals surface area contributed by atoms with Crippen LogP contribution in [0.3, 0.4) is 0 Å². The summed E-state index contributed by atoms with van der Waals surface area (Å²) in [7, 11) is 0. The maximum atomic E-state index is 10.7. The Morgan fingerprint density at radius 1 is 1.89 bits per heavy atom. The summed E-state index contributed by atoms with van der Waals surface area (Å²) in [5, 5.41) is 0. The van der Waals surface area contributed by atoms with Gasteiger partial charge in [-0.05, 0) is 0 Å². The highest BCUT2D eigenvalue weighted by atomic mass is 16.1. The monoisotopic (exact) mass is 125 g/mol. The summed E-state index contributed by atoms with van der Waals surface area (Å²) in [6.45, 7) is 0.00745. The average molecular weight is 125 g/mol. The first-order valence-electron chi connectivity index (χ1n) is 2.57.